The fraction of sp³-hybridized carbons (Fsp3) is 0.500. The molecular formula is C12H18N4O. The summed E-state index contributed by atoms with van der Waals surface area (Å²) in [6, 6.07) is 4.21. The first kappa shape index (κ1) is 11.7. The molecule has 0 spiro atoms. The van der Waals surface area contributed by atoms with E-state index in [0.29, 0.717) is 18.5 Å². The maximum absolute atomic E-state index is 5.79. The number of nitrogens with two attached hydrogens (primary N) is 1. The van der Waals surface area contributed by atoms with Crippen LogP contribution in [0, 0.1) is 0 Å². The number of rotatable bonds is 4. The van der Waals surface area contributed by atoms with Crippen molar-refractivity contribution >= 4 is 5.96 Å². The van der Waals surface area contributed by atoms with Gasteiger partial charge in [0.25, 0.3) is 0 Å². The Morgan fingerprint density at radius 2 is 2.47 bits per heavy atom. The number of hydrogen-bond acceptors (Lipinski definition) is 3. The lowest BCUT2D eigenvalue weighted by Crippen LogP contribution is -2.43. The predicted octanol–water partition coefficient (Wildman–Crippen LogP) is 1.05. The average molecular weight is 234 g/mol. The highest BCUT2D eigenvalue weighted by atomic mass is 16.5. The molecule has 17 heavy (non-hydrogen) atoms. The molecule has 5 heteroatoms. The number of hydrogen-bond donors (Lipinski definition) is 2. The highest BCUT2D eigenvalue weighted by Gasteiger charge is 2.17. The largest absolute Gasteiger partial charge is 0.495 e. The summed E-state index contributed by atoms with van der Waals surface area (Å²) in [6.45, 7) is 0.440. The summed E-state index contributed by atoms with van der Waals surface area (Å²) >= 11 is 0. The van der Waals surface area contributed by atoms with Crippen molar-refractivity contribution < 1.29 is 4.74 Å². The zero-order valence-electron chi connectivity index (χ0n) is 10.0. The molecule has 0 atom stereocenters. The Hall–Kier alpha value is -1.78. The summed E-state index contributed by atoms with van der Waals surface area (Å²) in [5.41, 5.74) is 6.59. The second kappa shape index (κ2) is 5.52. The van der Waals surface area contributed by atoms with Gasteiger partial charge in [-0.25, -0.2) is 4.99 Å². The molecule has 0 aliphatic heterocycles. The maximum atomic E-state index is 5.79. The van der Waals surface area contributed by atoms with Crippen molar-refractivity contribution in [3.63, 3.8) is 0 Å². The molecule has 92 valence electrons. The summed E-state index contributed by atoms with van der Waals surface area (Å²) in [5, 5.41) is 3.18. The molecule has 0 bridgehead atoms. The fourth-order valence-electron chi connectivity index (χ4n) is 1.70. The van der Waals surface area contributed by atoms with E-state index in [0.717, 1.165) is 11.4 Å². The van der Waals surface area contributed by atoms with E-state index in [1.54, 1.807) is 13.3 Å². The van der Waals surface area contributed by atoms with E-state index in [4.69, 9.17) is 10.5 Å². The van der Waals surface area contributed by atoms with Crippen molar-refractivity contribution in [2.75, 3.05) is 7.11 Å². The van der Waals surface area contributed by atoms with Crippen molar-refractivity contribution in [1.29, 1.82) is 0 Å². The van der Waals surface area contributed by atoms with E-state index in [9.17, 15) is 0 Å². The molecule has 0 saturated heterocycles. The van der Waals surface area contributed by atoms with Crippen LogP contribution in [0.4, 0.5) is 0 Å². The van der Waals surface area contributed by atoms with Gasteiger partial charge in [0, 0.05) is 12.2 Å². The van der Waals surface area contributed by atoms with E-state index in [1.807, 2.05) is 12.1 Å². The molecule has 0 amide bonds. The third-order valence-corrected chi connectivity index (χ3v) is 2.92. The Balaban J connectivity index is 1.92. The first-order valence-electron chi connectivity index (χ1n) is 5.84. The second-order valence-electron chi connectivity index (χ2n) is 4.13. The minimum atomic E-state index is 0.440. The van der Waals surface area contributed by atoms with Crippen LogP contribution in [0.2, 0.25) is 0 Å². The number of aromatic nitrogens is 1. The van der Waals surface area contributed by atoms with E-state index in [-0.39, 0.29) is 0 Å². The maximum Gasteiger partial charge on any atom is 0.189 e. The van der Waals surface area contributed by atoms with Crippen molar-refractivity contribution in [2.45, 2.75) is 31.8 Å². The van der Waals surface area contributed by atoms with Crippen LogP contribution in [-0.2, 0) is 6.54 Å². The van der Waals surface area contributed by atoms with E-state index in [1.165, 1.54) is 19.3 Å². The highest BCUT2D eigenvalue weighted by Crippen LogP contribution is 2.18. The average Bonchev–Trinajstić information content (AvgIpc) is 2.31. The number of nitrogens with one attached hydrogen (secondary N) is 1. The number of aliphatic imine (C=N–C) groups is 1. The Labute approximate surface area is 101 Å². The third-order valence-electron chi connectivity index (χ3n) is 2.92. The monoisotopic (exact) mass is 234 g/mol. The molecule has 1 aromatic heterocycles. The van der Waals surface area contributed by atoms with Crippen molar-refractivity contribution in [3.05, 3.63) is 24.0 Å². The Morgan fingerprint density at radius 1 is 1.65 bits per heavy atom. The number of nitrogens with zero attached hydrogens (tertiary/aromatic N) is 2. The first-order chi connectivity index (χ1) is 8.29. The molecule has 0 aromatic carbocycles. The van der Waals surface area contributed by atoms with E-state index < -0.39 is 0 Å². The van der Waals surface area contributed by atoms with Gasteiger partial charge in [-0.15, -0.1) is 0 Å². The van der Waals surface area contributed by atoms with Crippen LogP contribution in [0.15, 0.2) is 23.3 Å². The van der Waals surface area contributed by atoms with Crippen molar-refractivity contribution in [3.8, 4) is 5.75 Å². The van der Waals surface area contributed by atoms with Gasteiger partial charge in [-0.2, -0.15) is 0 Å². The van der Waals surface area contributed by atoms with Gasteiger partial charge in [0.15, 0.2) is 5.96 Å². The first-order valence-corrected chi connectivity index (χ1v) is 5.84. The second-order valence-corrected chi connectivity index (χ2v) is 4.13. The van der Waals surface area contributed by atoms with Gasteiger partial charge < -0.3 is 15.8 Å². The van der Waals surface area contributed by atoms with Crippen LogP contribution in [-0.4, -0.2) is 24.1 Å². The van der Waals surface area contributed by atoms with Gasteiger partial charge in [-0.1, -0.05) is 0 Å². The van der Waals surface area contributed by atoms with E-state index in [2.05, 4.69) is 15.3 Å². The van der Waals surface area contributed by atoms with Gasteiger partial charge in [0.05, 0.1) is 13.7 Å². The van der Waals surface area contributed by atoms with Gasteiger partial charge in [0.1, 0.15) is 11.4 Å². The molecule has 1 aliphatic rings. The van der Waals surface area contributed by atoms with E-state index >= 15 is 0 Å². The minimum absolute atomic E-state index is 0.440. The summed E-state index contributed by atoms with van der Waals surface area (Å²) in [5.74, 6) is 1.23. The standard InChI is InChI=1S/C12H18N4O/c1-17-11-6-3-7-14-10(11)8-15-12(13)16-9-4-2-5-9/h3,6-7,9H,2,4-5,8H2,1H3,(H3,13,15,16). The summed E-state index contributed by atoms with van der Waals surface area (Å²) < 4.78 is 5.20. The van der Waals surface area contributed by atoms with Gasteiger partial charge in [0.2, 0.25) is 0 Å². The van der Waals surface area contributed by atoms with Crippen molar-refractivity contribution in [2.24, 2.45) is 10.7 Å². The molecule has 1 fully saturated rings. The molecule has 1 saturated carbocycles. The molecule has 0 unspecified atom stereocenters. The quantitative estimate of drug-likeness (QED) is 0.603. The van der Waals surface area contributed by atoms with Gasteiger partial charge >= 0.3 is 0 Å². The zero-order chi connectivity index (χ0) is 12.1. The molecule has 5 nitrogen and oxygen atoms in total. The number of methoxy groups -OCH3 is 1. The number of pyridine rings is 1. The number of ether oxygens (including phenoxy) is 1. The smallest absolute Gasteiger partial charge is 0.189 e. The van der Waals surface area contributed by atoms with Crippen LogP contribution in [0.3, 0.4) is 0 Å². The zero-order valence-corrected chi connectivity index (χ0v) is 10.0. The molecular weight excluding hydrogens is 216 g/mol. The molecule has 1 aromatic rings. The normalized spacial score (nSPS) is 16.4. The number of guanidine groups is 1. The molecule has 1 heterocycles. The van der Waals surface area contributed by atoms with Crippen molar-refractivity contribution in [1.82, 2.24) is 10.3 Å². The fourth-order valence-corrected chi connectivity index (χ4v) is 1.70. The van der Waals surface area contributed by atoms with Gasteiger partial charge in [-0.05, 0) is 31.4 Å². The lowest BCUT2D eigenvalue weighted by Gasteiger charge is -2.26. The van der Waals surface area contributed by atoms with Crippen LogP contribution in [0.1, 0.15) is 25.0 Å². The lowest BCUT2D eigenvalue weighted by atomic mass is 9.93. The molecule has 1 aliphatic carbocycles. The van der Waals surface area contributed by atoms with Crippen LogP contribution < -0.4 is 15.8 Å². The van der Waals surface area contributed by atoms with Crippen LogP contribution in [0.25, 0.3) is 0 Å². The Morgan fingerprint density at radius 3 is 3.12 bits per heavy atom. The topological polar surface area (TPSA) is 72.5 Å². The van der Waals surface area contributed by atoms with Crippen LogP contribution in [0.5, 0.6) is 5.75 Å². The summed E-state index contributed by atoms with van der Waals surface area (Å²) in [7, 11) is 1.63. The molecule has 3 N–H and O–H groups in total. The molecule has 2 rings (SSSR count). The predicted molar refractivity (Wildman–Crippen MR) is 66.9 cm³/mol. The molecule has 0 radical (unpaired) electrons. The van der Waals surface area contributed by atoms with Gasteiger partial charge in [-0.3, -0.25) is 4.98 Å². The Kier molecular flexibility index (Phi) is 3.80. The summed E-state index contributed by atoms with van der Waals surface area (Å²) in [4.78, 5) is 8.49. The highest BCUT2D eigenvalue weighted by molar-refractivity contribution is 5.78. The summed E-state index contributed by atoms with van der Waals surface area (Å²) in [6.07, 6.45) is 5.37. The third kappa shape index (κ3) is 3.09. The minimum Gasteiger partial charge on any atom is -0.495 e. The Bertz CT molecular complexity index is 401. The van der Waals surface area contributed by atoms with Crippen LogP contribution >= 0.6 is 0 Å². The SMILES string of the molecule is COc1cccnc1CN=C(N)NC1CCC1. The lowest BCUT2D eigenvalue weighted by molar-refractivity contribution is 0.382.